The number of likely N-dealkylation sites (N-methyl/N-ethyl adjacent to an activating group) is 1. The van der Waals surface area contributed by atoms with Gasteiger partial charge in [-0.05, 0) is 41.5 Å². The van der Waals surface area contributed by atoms with Gasteiger partial charge in [0.05, 0.1) is 17.6 Å². The molecule has 0 amide bonds. The van der Waals surface area contributed by atoms with E-state index in [0.29, 0.717) is 13.2 Å². The molecule has 1 aromatic rings. The third kappa shape index (κ3) is 5.50. The molecule has 0 heterocycles. The van der Waals surface area contributed by atoms with Crippen molar-refractivity contribution in [3.8, 4) is 5.75 Å². The van der Waals surface area contributed by atoms with Crippen molar-refractivity contribution < 1.29 is 14.6 Å². The normalized spacial score (nSPS) is 10.8. The standard InChI is InChI=1S/C13H17Br2NO3/c1-3-4-19-13-9(5-10(14)6-11(13)15)7-16(2)8-12(17)18/h5-6H,3-4,7-8H2,1-2H3,(H,17,18). The van der Waals surface area contributed by atoms with Gasteiger partial charge in [0.2, 0.25) is 0 Å². The largest absolute Gasteiger partial charge is 0.492 e. The molecular formula is C13H17Br2NO3. The minimum absolute atomic E-state index is 0.00263. The van der Waals surface area contributed by atoms with Gasteiger partial charge >= 0.3 is 5.97 Å². The summed E-state index contributed by atoms with van der Waals surface area (Å²) in [4.78, 5) is 12.4. The predicted octanol–water partition coefficient (Wildman–Crippen LogP) is 3.52. The van der Waals surface area contributed by atoms with Crippen LogP contribution in [0.15, 0.2) is 21.1 Å². The Hall–Kier alpha value is -0.590. The predicted molar refractivity (Wildman–Crippen MR) is 81.6 cm³/mol. The average Bonchev–Trinajstić information content (AvgIpc) is 2.26. The lowest BCUT2D eigenvalue weighted by atomic mass is 10.2. The molecule has 1 aromatic carbocycles. The Morgan fingerprint density at radius 1 is 1.42 bits per heavy atom. The lowest BCUT2D eigenvalue weighted by Crippen LogP contribution is -2.25. The molecule has 19 heavy (non-hydrogen) atoms. The molecule has 1 N–H and O–H groups in total. The quantitative estimate of drug-likeness (QED) is 0.768. The fraction of sp³-hybridized carbons (Fsp3) is 0.462. The molecule has 106 valence electrons. The van der Waals surface area contributed by atoms with E-state index in [0.717, 1.165) is 26.7 Å². The molecule has 0 aliphatic rings. The molecule has 0 saturated heterocycles. The molecule has 0 unspecified atom stereocenters. The summed E-state index contributed by atoms with van der Waals surface area (Å²) in [6, 6.07) is 3.87. The molecule has 0 saturated carbocycles. The van der Waals surface area contributed by atoms with Crippen molar-refractivity contribution in [3.63, 3.8) is 0 Å². The number of hydrogen-bond acceptors (Lipinski definition) is 3. The summed E-state index contributed by atoms with van der Waals surface area (Å²) in [6.07, 6.45) is 0.924. The maximum atomic E-state index is 10.7. The number of rotatable bonds is 7. The van der Waals surface area contributed by atoms with E-state index in [1.54, 1.807) is 11.9 Å². The summed E-state index contributed by atoms with van der Waals surface area (Å²) in [6.45, 7) is 3.19. The van der Waals surface area contributed by atoms with E-state index in [4.69, 9.17) is 9.84 Å². The van der Waals surface area contributed by atoms with Gasteiger partial charge in [0, 0.05) is 16.6 Å². The Labute approximate surface area is 130 Å². The number of nitrogens with zero attached hydrogens (tertiary/aromatic N) is 1. The second-order valence-corrected chi connectivity index (χ2v) is 6.06. The lowest BCUT2D eigenvalue weighted by molar-refractivity contribution is -0.138. The molecule has 0 bridgehead atoms. The van der Waals surface area contributed by atoms with Gasteiger partial charge in [0.25, 0.3) is 0 Å². The summed E-state index contributed by atoms with van der Waals surface area (Å²) < 4.78 is 7.54. The first kappa shape index (κ1) is 16.5. The highest BCUT2D eigenvalue weighted by Gasteiger charge is 2.13. The lowest BCUT2D eigenvalue weighted by Gasteiger charge is -2.18. The van der Waals surface area contributed by atoms with E-state index in [2.05, 4.69) is 31.9 Å². The number of benzene rings is 1. The van der Waals surface area contributed by atoms with Crippen molar-refractivity contribution in [2.45, 2.75) is 19.9 Å². The maximum Gasteiger partial charge on any atom is 0.317 e. The van der Waals surface area contributed by atoms with Crippen molar-refractivity contribution in [2.75, 3.05) is 20.2 Å². The topological polar surface area (TPSA) is 49.8 Å². The Morgan fingerprint density at radius 3 is 2.68 bits per heavy atom. The monoisotopic (exact) mass is 393 g/mol. The summed E-state index contributed by atoms with van der Waals surface area (Å²) in [5.41, 5.74) is 0.957. The van der Waals surface area contributed by atoms with Crippen molar-refractivity contribution in [3.05, 3.63) is 26.6 Å². The first-order valence-electron chi connectivity index (χ1n) is 5.95. The molecule has 0 aromatic heterocycles. The van der Waals surface area contributed by atoms with E-state index in [-0.39, 0.29) is 6.54 Å². The van der Waals surface area contributed by atoms with Crippen LogP contribution < -0.4 is 4.74 Å². The van der Waals surface area contributed by atoms with Crippen LogP contribution in [-0.2, 0) is 11.3 Å². The molecule has 0 spiro atoms. The van der Waals surface area contributed by atoms with Gasteiger partial charge in [-0.25, -0.2) is 0 Å². The summed E-state index contributed by atoms with van der Waals surface area (Å²) in [7, 11) is 1.77. The fourth-order valence-corrected chi connectivity index (χ4v) is 3.10. The summed E-state index contributed by atoms with van der Waals surface area (Å²) in [5, 5.41) is 8.79. The van der Waals surface area contributed by atoms with Gasteiger partial charge in [-0.1, -0.05) is 22.9 Å². The van der Waals surface area contributed by atoms with E-state index < -0.39 is 5.97 Å². The van der Waals surface area contributed by atoms with Crippen LogP contribution in [0.25, 0.3) is 0 Å². The number of carbonyl (C=O) groups is 1. The minimum atomic E-state index is -0.840. The number of carboxylic acids is 1. The van der Waals surface area contributed by atoms with Crippen LogP contribution in [0.1, 0.15) is 18.9 Å². The zero-order valence-corrected chi connectivity index (χ0v) is 14.1. The number of halogens is 2. The molecule has 0 aliphatic heterocycles. The highest BCUT2D eigenvalue weighted by molar-refractivity contribution is 9.11. The molecule has 0 atom stereocenters. The van der Waals surface area contributed by atoms with Crippen LogP contribution in [0.5, 0.6) is 5.75 Å². The van der Waals surface area contributed by atoms with Crippen LogP contribution in [0.2, 0.25) is 0 Å². The number of carboxylic acid groups (broad SMARTS) is 1. The van der Waals surface area contributed by atoms with Crippen LogP contribution in [0.3, 0.4) is 0 Å². The van der Waals surface area contributed by atoms with E-state index in [1.807, 2.05) is 19.1 Å². The zero-order valence-electron chi connectivity index (χ0n) is 10.9. The summed E-state index contributed by atoms with van der Waals surface area (Å²) >= 11 is 6.91. The fourth-order valence-electron chi connectivity index (χ4n) is 1.67. The molecule has 4 nitrogen and oxygen atoms in total. The van der Waals surface area contributed by atoms with E-state index in [9.17, 15) is 4.79 Å². The van der Waals surface area contributed by atoms with Crippen molar-refractivity contribution in [1.82, 2.24) is 4.90 Å². The number of ether oxygens (including phenoxy) is 1. The smallest absolute Gasteiger partial charge is 0.317 e. The second kappa shape index (κ2) is 7.87. The van der Waals surface area contributed by atoms with Crippen LogP contribution in [0, 0.1) is 0 Å². The van der Waals surface area contributed by atoms with Gasteiger partial charge in [0.15, 0.2) is 0 Å². The van der Waals surface area contributed by atoms with Gasteiger partial charge in [-0.15, -0.1) is 0 Å². The number of hydrogen-bond donors (Lipinski definition) is 1. The molecule has 0 radical (unpaired) electrons. The van der Waals surface area contributed by atoms with Gasteiger partial charge < -0.3 is 9.84 Å². The van der Waals surface area contributed by atoms with Crippen molar-refractivity contribution in [2.24, 2.45) is 0 Å². The zero-order chi connectivity index (χ0) is 14.4. The van der Waals surface area contributed by atoms with Crippen molar-refractivity contribution >= 4 is 37.8 Å². The highest BCUT2D eigenvalue weighted by Crippen LogP contribution is 2.33. The van der Waals surface area contributed by atoms with Crippen LogP contribution >= 0.6 is 31.9 Å². The Bertz CT molecular complexity index is 452. The molecule has 0 fully saturated rings. The molecule has 6 heteroatoms. The Balaban J connectivity index is 2.93. The molecule has 1 rings (SSSR count). The van der Waals surface area contributed by atoms with E-state index >= 15 is 0 Å². The first-order valence-corrected chi connectivity index (χ1v) is 7.53. The Kier molecular flexibility index (Phi) is 6.82. The van der Waals surface area contributed by atoms with Gasteiger partial charge in [-0.3, -0.25) is 9.69 Å². The van der Waals surface area contributed by atoms with Crippen LogP contribution in [-0.4, -0.2) is 36.2 Å². The highest BCUT2D eigenvalue weighted by atomic mass is 79.9. The molecular weight excluding hydrogens is 378 g/mol. The third-order valence-corrected chi connectivity index (χ3v) is 3.43. The van der Waals surface area contributed by atoms with Crippen molar-refractivity contribution in [1.29, 1.82) is 0 Å². The molecule has 0 aliphatic carbocycles. The first-order chi connectivity index (χ1) is 8.93. The number of aliphatic carboxylic acids is 1. The van der Waals surface area contributed by atoms with Crippen LogP contribution in [0.4, 0.5) is 0 Å². The average molecular weight is 395 g/mol. The second-order valence-electron chi connectivity index (χ2n) is 4.29. The third-order valence-electron chi connectivity index (χ3n) is 2.38. The Morgan fingerprint density at radius 2 is 2.11 bits per heavy atom. The SMILES string of the molecule is CCCOc1c(Br)cc(Br)cc1CN(C)CC(=O)O. The minimum Gasteiger partial charge on any atom is -0.492 e. The van der Waals surface area contributed by atoms with Gasteiger partial charge in [-0.2, -0.15) is 0 Å². The van der Waals surface area contributed by atoms with Gasteiger partial charge in [0.1, 0.15) is 5.75 Å². The van der Waals surface area contributed by atoms with E-state index in [1.165, 1.54) is 0 Å². The maximum absolute atomic E-state index is 10.7. The summed E-state index contributed by atoms with van der Waals surface area (Å²) in [5.74, 6) is -0.0603.